The van der Waals surface area contributed by atoms with Crippen molar-refractivity contribution in [1.29, 1.82) is 0 Å². The Morgan fingerprint density at radius 1 is 1.43 bits per heavy atom. The monoisotopic (exact) mass is 314 g/mol. The van der Waals surface area contributed by atoms with Gasteiger partial charge in [0.15, 0.2) is 0 Å². The molecule has 1 N–H and O–H groups in total. The normalized spacial score (nSPS) is 21.9. The van der Waals surface area contributed by atoms with Crippen LogP contribution in [0.15, 0.2) is 24.5 Å². The van der Waals surface area contributed by atoms with Crippen LogP contribution in [-0.4, -0.2) is 47.0 Å². The number of rotatable bonds is 3. The molecule has 0 spiro atoms. The lowest BCUT2D eigenvalue weighted by molar-refractivity contribution is -0.136. The van der Waals surface area contributed by atoms with Gasteiger partial charge < -0.3 is 14.8 Å². The molecule has 1 aliphatic heterocycles. The van der Waals surface area contributed by atoms with Crippen LogP contribution < -0.4 is 4.90 Å². The lowest BCUT2D eigenvalue weighted by Gasteiger charge is -2.43. The number of carbonyl (C=O) groups excluding carboxylic acids is 1. The summed E-state index contributed by atoms with van der Waals surface area (Å²) in [5, 5.41) is 1.13. The predicted molar refractivity (Wildman–Crippen MR) is 93.5 cm³/mol. The van der Waals surface area contributed by atoms with Crippen LogP contribution in [0.2, 0.25) is 0 Å². The number of carbonyl (C=O) groups is 1. The Morgan fingerprint density at radius 2 is 2.22 bits per heavy atom. The fourth-order valence-electron chi connectivity index (χ4n) is 3.55. The third-order valence-corrected chi connectivity index (χ3v) is 5.04. The zero-order valence-electron chi connectivity index (χ0n) is 14.4. The van der Waals surface area contributed by atoms with Crippen molar-refractivity contribution in [3.63, 3.8) is 0 Å². The quantitative estimate of drug-likeness (QED) is 0.948. The maximum atomic E-state index is 12.4. The summed E-state index contributed by atoms with van der Waals surface area (Å²) in [6, 6.07) is 4.46. The van der Waals surface area contributed by atoms with Crippen molar-refractivity contribution in [2.75, 3.05) is 25.0 Å². The molecule has 23 heavy (non-hydrogen) atoms. The van der Waals surface area contributed by atoms with Crippen LogP contribution >= 0.6 is 0 Å². The molecule has 1 saturated heterocycles. The molecule has 0 aromatic carbocycles. The van der Waals surface area contributed by atoms with Crippen molar-refractivity contribution < 1.29 is 4.79 Å². The molecule has 5 heteroatoms. The van der Waals surface area contributed by atoms with Gasteiger partial charge in [-0.05, 0) is 24.5 Å². The first-order valence-corrected chi connectivity index (χ1v) is 8.42. The molecular formula is C18H26N4O. The fourth-order valence-corrected chi connectivity index (χ4v) is 3.55. The number of aromatic amines is 1. The van der Waals surface area contributed by atoms with E-state index in [4.69, 9.17) is 0 Å². The number of fused-ring (bicyclic) bond motifs is 1. The number of likely N-dealkylation sites (tertiary alicyclic amines) is 1. The van der Waals surface area contributed by atoms with Crippen molar-refractivity contribution in [2.24, 2.45) is 11.8 Å². The van der Waals surface area contributed by atoms with Gasteiger partial charge in [-0.1, -0.05) is 20.8 Å². The molecule has 0 saturated carbocycles. The van der Waals surface area contributed by atoms with Crippen LogP contribution in [0, 0.1) is 11.8 Å². The fraction of sp³-hybridized carbons (Fsp3) is 0.556. The molecule has 1 fully saturated rings. The Morgan fingerprint density at radius 3 is 2.96 bits per heavy atom. The molecule has 2 atom stereocenters. The minimum atomic E-state index is 0.0617. The number of hydrogen-bond donors (Lipinski definition) is 1. The number of aromatic nitrogens is 2. The summed E-state index contributed by atoms with van der Waals surface area (Å²) >= 11 is 0. The van der Waals surface area contributed by atoms with Gasteiger partial charge in [-0.2, -0.15) is 0 Å². The molecule has 124 valence electrons. The second-order valence-electron chi connectivity index (χ2n) is 6.95. The molecule has 3 rings (SSSR count). The average Bonchev–Trinajstić information content (AvgIpc) is 3.02. The predicted octanol–water partition coefficient (Wildman–Crippen LogP) is 2.89. The highest BCUT2D eigenvalue weighted by molar-refractivity contribution is 5.89. The van der Waals surface area contributed by atoms with E-state index in [0.29, 0.717) is 12.0 Å². The lowest BCUT2D eigenvalue weighted by atomic mass is 9.91. The number of nitrogens with zero attached hydrogens (tertiary/aromatic N) is 3. The maximum Gasteiger partial charge on any atom is 0.225 e. The summed E-state index contributed by atoms with van der Waals surface area (Å²) < 4.78 is 0. The van der Waals surface area contributed by atoms with Gasteiger partial charge in [0.05, 0.1) is 0 Å². The molecule has 3 heterocycles. The van der Waals surface area contributed by atoms with Gasteiger partial charge in [-0.15, -0.1) is 0 Å². The molecule has 2 aromatic heterocycles. The third kappa shape index (κ3) is 2.92. The first kappa shape index (κ1) is 15.8. The second kappa shape index (κ2) is 6.22. The Balaban J connectivity index is 1.86. The minimum Gasteiger partial charge on any atom is -0.369 e. The number of hydrogen-bond acceptors (Lipinski definition) is 3. The van der Waals surface area contributed by atoms with E-state index >= 15 is 0 Å². The molecule has 0 bridgehead atoms. The first-order valence-electron chi connectivity index (χ1n) is 8.42. The van der Waals surface area contributed by atoms with Crippen LogP contribution in [0.25, 0.3) is 11.0 Å². The SMILES string of the molecule is CC(C)C(=O)N1CCC(C)C(N(C)c2ccnc3[nH]ccc23)C1. The van der Waals surface area contributed by atoms with Gasteiger partial charge >= 0.3 is 0 Å². The van der Waals surface area contributed by atoms with Gasteiger partial charge in [0.25, 0.3) is 0 Å². The summed E-state index contributed by atoms with van der Waals surface area (Å²) in [5.41, 5.74) is 2.08. The van der Waals surface area contributed by atoms with Crippen molar-refractivity contribution in [3.05, 3.63) is 24.5 Å². The van der Waals surface area contributed by atoms with E-state index in [9.17, 15) is 4.79 Å². The summed E-state index contributed by atoms with van der Waals surface area (Å²) in [7, 11) is 2.13. The van der Waals surface area contributed by atoms with Crippen LogP contribution in [0.5, 0.6) is 0 Å². The topological polar surface area (TPSA) is 52.2 Å². The zero-order chi connectivity index (χ0) is 16.6. The molecule has 0 radical (unpaired) electrons. The van der Waals surface area contributed by atoms with Gasteiger partial charge in [0.1, 0.15) is 5.65 Å². The number of H-pyrrole nitrogens is 1. The Hall–Kier alpha value is -2.04. The minimum absolute atomic E-state index is 0.0617. The third-order valence-electron chi connectivity index (χ3n) is 5.04. The number of piperidine rings is 1. The Kier molecular flexibility index (Phi) is 4.28. The van der Waals surface area contributed by atoms with Crippen molar-refractivity contribution in [2.45, 2.75) is 33.2 Å². The number of anilines is 1. The van der Waals surface area contributed by atoms with Crippen LogP contribution in [-0.2, 0) is 4.79 Å². The largest absolute Gasteiger partial charge is 0.369 e. The Bertz CT molecular complexity index is 693. The zero-order valence-corrected chi connectivity index (χ0v) is 14.4. The van der Waals surface area contributed by atoms with Crippen LogP contribution in [0.3, 0.4) is 0 Å². The maximum absolute atomic E-state index is 12.4. The molecule has 2 aromatic rings. The summed E-state index contributed by atoms with van der Waals surface area (Å²) in [4.78, 5) is 24.3. The average molecular weight is 314 g/mol. The van der Waals surface area contributed by atoms with E-state index < -0.39 is 0 Å². The number of likely N-dealkylation sites (N-methyl/N-ethyl adjacent to an activating group) is 1. The molecule has 2 unspecified atom stereocenters. The first-order chi connectivity index (χ1) is 11.0. The highest BCUT2D eigenvalue weighted by Crippen LogP contribution is 2.30. The number of amides is 1. The van der Waals surface area contributed by atoms with E-state index in [1.54, 1.807) is 0 Å². The van der Waals surface area contributed by atoms with Crippen molar-refractivity contribution in [1.82, 2.24) is 14.9 Å². The summed E-state index contributed by atoms with van der Waals surface area (Å²) in [6.07, 6.45) is 4.82. The highest BCUT2D eigenvalue weighted by Gasteiger charge is 2.32. The lowest BCUT2D eigenvalue weighted by Crippen LogP contribution is -2.53. The van der Waals surface area contributed by atoms with E-state index in [2.05, 4.69) is 41.0 Å². The molecule has 1 aliphatic rings. The van der Waals surface area contributed by atoms with Gasteiger partial charge in [0.2, 0.25) is 5.91 Å². The molecule has 0 aliphatic carbocycles. The second-order valence-corrected chi connectivity index (χ2v) is 6.95. The Labute approximate surface area is 137 Å². The van der Waals surface area contributed by atoms with Gasteiger partial charge in [-0.3, -0.25) is 4.79 Å². The summed E-state index contributed by atoms with van der Waals surface area (Å²) in [5.74, 6) is 0.877. The standard InChI is InChI=1S/C18H26N4O/c1-12(2)18(23)22-10-7-13(3)16(11-22)21(4)15-6-9-20-17-14(15)5-8-19-17/h5-6,8-9,12-13,16H,7,10-11H2,1-4H3,(H,19,20). The van der Waals surface area contributed by atoms with Gasteiger partial charge in [0, 0.05) is 55.6 Å². The van der Waals surface area contributed by atoms with Crippen LogP contribution in [0.1, 0.15) is 27.2 Å². The molecular weight excluding hydrogens is 288 g/mol. The van der Waals surface area contributed by atoms with E-state index in [0.717, 1.165) is 30.5 Å². The summed E-state index contributed by atoms with van der Waals surface area (Å²) in [6.45, 7) is 7.91. The van der Waals surface area contributed by atoms with Crippen molar-refractivity contribution in [3.8, 4) is 0 Å². The highest BCUT2D eigenvalue weighted by atomic mass is 16.2. The van der Waals surface area contributed by atoms with E-state index in [1.165, 1.54) is 5.69 Å². The van der Waals surface area contributed by atoms with E-state index in [-0.39, 0.29) is 11.8 Å². The number of nitrogens with one attached hydrogen (secondary N) is 1. The number of pyridine rings is 1. The van der Waals surface area contributed by atoms with Crippen LogP contribution in [0.4, 0.5) is 5.69 Å². The van der Waals surface area contributed by atoms with Crippen molar-refractivity contribution >= 4 is 22.6 Å². The smallest absolute Gasteiger partial charge is 0.225 e. The molecule has 5 nitrogen and oxygen atoms in total. The van der Waals surface area contributed by atoms with E-state index in [1.807, 2.05) is 31.1 Å². The molecule has 1 amide bonds. The van der Waals surface area contributed by atoms with Gasteiger partial charge in [-0.25, -0.2) is 4.98 Å².